The topological polar surface area (TPSA) is 43.1 Å². The Balaban J connectivity index is 1.94. The zero-order chi connectivity index (χ0) is 17.2. The molecule has 3 aromatic carbocycles. The average Bonchev–Trinajstić information content (AvgIpc) is 2.81. The quantitative estimate of drug-likeness (QED) is 0.709. The number of Topliss-reactive ketones (excluding diaryl/α,β-unsaturated/α-hetero) is 1. The second-order valence-corrected chi connectivity index (χ2v) is 6.64. The van der Waals surface area contributed by atoms with Crippen molar-refractivity contribution < 1.29 is 4.79 Å². The van der Waals surface area contributed by atoms with Crippen LogP contribution in [0, 0.1) is 0 Å². The Morgan fingerprint density at radius 3 is 1.80 bits per heavy atom. The van der Waals surface area contributed by atoms with Crippen LogP contribution in [0.1, 0.15) is 17.5 Å². The van der Waals surface area contributed by atoms with Gasteiger partial charge in [0, 0.05) is 6.42 Å². The summed E-state index contributed by atoms with van der Waals surface area (Å²) >= 11 is 0. The molecule has 0 bridgehead atoms. The molecule has 0 saturated carbocycles. The van der Waals surface area contributed by atoms with E-state index >= 15 is 0 Å². The predicted octanol–water partition coefficient (Wildman–Crippen LogP) is 4.41. The van der Waals surface area contributed by atoms with Crippen molar-refractivity contribution in [3.63, 3.8) is 0 Å². The van der Waals surface area contributed by atoms with E-state index in [1.165, 1.54) is 16.7 Å². The molecule has 1 aliphatic rings. The molecule has 0 saturated heterocycles. The van der Waals surface area contributed by atoms with Crippen molar-refractivity contribution in [2.75, 3.05) is 0 Å². The Hall–Kier alpha value is -2.71. The van der Waals surface area contributed by atoms with E-state index < -0.39 is 0 Å². The Bertz CT molecular complexity index is 900. The van der Waals surface area contributed by atoms with Crippen molar-refractivity contribution in [2.24, 2.45) is 5.73 Å². The Labute approximate surface area is 148 Å². The van der Waals surface area contributed by atoms with Gasteiger partial charge in [0.05, 0.1) is 6.04 Å². The molecule has 3 aromatic rings. The molecule has 0 fully saturated rings. The number of carbonyl (C=O) groups excluding carboxylic acids is 1. The third-order valence-electron chi connectivity index (χ3n) is 5.07. The second kappa shape index (κ2) is 6.66. The van der Waals surface area contributed by atoms with E-state index in [9.17, 15) is 4.79 Å². The van der Waals surface area contributed by atoms with Crippen LogP contribution in [0.5, 0.6) is 0 Å². The van der Waals surface area contributed by atoms with Gasteiger partial charge in [-0.15, -0.1) is 0 Å². The SMILES string of the molecule is NC1CCc2c(-c3ccccc3)ccc(-c3ccccc3)c2CC1=O. The highest BCUT2D eigenvalue weighted by molar-refractivity contribution is 5.90. The molecular weight excluding hydrogens is 306 g/mol. The second-order valence-electron chi connectivity index (χ2n) is 6.64. The average molecular weight is 327 g/mol. The van der Waals surface area contributed by atoms with E-state index in [1.54, 1.807) is 0 Å². The van der Waals surface area contributed by atoms with Gasteiger partial charge in [0.15, 0.2) is 5.78 Å². The molecule has 0 radical (unpaired) electrons. The Morgan fingerprint density at radius 1 is 0.720 bits per heavy atom. The highest BCUT2D eigenvalue weighted by Gasteiger charge is 2.25. The maximum Gasteiger partial charge on any atom is 0.153 e. The minimum absolute atomic E-state index is 0.140. The number of nitrogens with two attached hydrogens (primary N) is 1. The maximum atomic E-state index is 12.5. The maximum absolute atomic E-state index is 12.5. The molecule has 1 unspecified atom stereocenters. The van der Waals surface area contributed by atoms with E-state index in [0.29, 0.717) is 12.8 Å². The summed E-state index contributed by atoms with van der Waals surface area (Å²) in [6.07, 6.45) is 1.97. The molecular formula is C23H21NO. The van der Waals surface area contributed by atoms with Crippen molar-refractivity contribution >= 4 is 5.78 Å². The first kappa shape index (κ1) is 15.8. The fourth-order valence-electron chi connectivity index (χ4n) is 3.72. The van der Waals surface area contributed by atoms with Gasteiger partial charge in [-0.2, -0.15) is 0 Å². The first-order chi connectivity index (χ1) is 12.2. The van der Waals surface area contributed by atoms with Crippen LogP contribution in [-0.2, 0) is 17.6 Å². The molecule has 0 aliphatic heterocycles. The van der Waals surface area contributed by atoms with E-state index in [1.807, 2.05) is 24.3 Å². The number of hydrogen-bond acceptors (Lipinski definition) is 2. The van der Waals surface area contributed by atoms with Gasteiger partial charge in [0.25, 0.3) is 0 Å². The van der Waals surface area contributed by atoms with Gasteiger partial charge in [0.1, 0.15) is 0 Å². The summed E-state index contributed by atoms with van der Waals surface area (Å²) in [6.45, 7) is 0. The summed E-state index contributed by atoms with van der Waals surface area (Å²) in [6, 6.07) is 24.7. The number of ketones is 1. The monoisotopic (exact) mass is 327 g/mol. The van der Waals surface area contributed by atoms with Crippen LogP contribution < -0.4 is 5.73 Å². The summed E-state index contributed by atoms with van der Waals surface area (Å²) in [5, 5.41) is 0. The molecule has 0 amide bonds. The van der Waals surface area contributed by atoms with Crippen LogP contribution in [0.4, 0.5) is 0 Å². The van der Waals surface area contributed by atoms with Gasteiger partial charge in [-0.1, -0.05) is 72.8 Å². The molecule has 1 aliphatic carbocycles. The normalized spacial score (nSPS) is 17.0. The zero-order valence-corrected chi connectivity index (χ0v) is 14.1. The van der Waals surface area contributed by atoms with E-state index in [-0.39, 0.29) is 11.8 Å². The molecule has 2 N–H and O–H groups in total. The van der Waals surface area contributed by atoms with Gasteiger partial charge >= 0.3 is 0 Å². The van der Waals surface area contributed by atoms with E-state index in [2.05, 4.69) is 48.5 Å². The van der Waals surface area contributed by atoms with Crippen molar-refractivity contribution in [2.45, 2.75) is 25.3 Å². The molecule has 1 atom stereocenters. The summed E-state index contributed by atoms with van der Waals surface area (Å²) in [5.41, 5.74) is 13.2. The molecule has 0 heterocycles. The van der Waals surface area contributed by atoms with Crippen LogP contribution in [0.25, 0.3) is 22.3 Å². The first-order valence-electron chi connectivity index (χ1n) is 8.78. The van der Waals surface area contributed by atoms with Gasteiger partial charge < -0.3 is 5.73 Å². The van der Waals surface area contributed by atoms with Crippen molar-refractivity contribution in [3.8, 4) is 22.3 Å². The van der Waals surface area contributed by atoms with Crippen LogP contribution in [0.2, 0.25) is 0 Å². The lowest BCUT2D eigenvalue weighted by Gasteiger charge is -2.17. The number of fused-ring (bicyclic) bond motifs is 1. The van der Waals surface area contributed by atoms with Crippen LogP contribution >= 0.6 is 0 Å². The fraction of sp³-hybridized carbons (Fsp3) is 0.174. The minimum atomic E-state index is -0.361. The summed E-state index contributed by atoms with van der Waals surface area (Å²) in [5.74, 6) is 0.140. The number of rotatable bonds is 2. The van der Waals surface area contributed by atoms with E-state index in [0.717, 1.165) is 23.1 Å². The highest BCUT2D eigenvalue weighted by Crippen LogP contribution is 2.36. The smallest absolute Gasteiger partial charge is 0.153 e. The summed E-state index contributed by atoms with van der Waals surface area (Å²) in [7, 11) is 0. The van der Waals surface area contributed by atoms with Crippen LogP contribution in [-0.4, -0.2) is 11.8 Å². The highest BCUT2D eigenvalue weighted by atomic mass is 16.1. The van der Waals surface area contributed by atoms with Gasteiger partial charge in [-0.25, -0.2) is 0 Å². The molecule has 124 valence electrons. The Kier molecular flexibility index (Phi) is 4.21. The lowest BCUT2D eigenvalue weighted by atomic mass is 9.87. The number of carbonyl (C=O) groups is 1. The zero-order valence-electron chi connectivity index (χ0n) is 14.1. The largest absolute Gasteiger partial charge is 0.321 e. The number of benzene rings is 3. The standard InChI is InChI=1S/C23H21NO/c24-22-14-13-20-18(16-7-3-1-4-8-16)11-12-19(21(20)15-23(22)25)17-9-5-2-6-10-17/h1-12,22H,13-15,24H2. The van der Waals surface area contributed by atoms with Crippen molar-refractivity contribution in [1.82, 2.24) is 0 Å². The summed E-state index contributed by atoms with van der Waals surface area (Å²) in [4.78, 5) is 12.5. The van der Waals surface area contributed by atoms with Gasteiger partial charge in [0.2, 0.25) is 0 Å². The molecule has 0 aromatic heterocycles. The molecule has 2 heteroatoms. The van der Waals surface area contributed by atoms with Crippen molar-refractivity contribution in [3.05, 3.63) is 83.9 Å². The lowest BCUT2D eigenvalue weighted by Crippen LogP contribution is -2.30. The molecule has 25 heavy (non-hydrogen) atoms. The lowest BCUT2D eigenvalue weighted by molar-refractivity contribution is -0.119. The molecule has 4 rings (SSSR count). The first-order valence-corrected chi connectivity index (χ1v) is 8.78. The van der Waals surface area contributed by atoms with Crippen molar-refractivity contribution in [1.29, 1.82) is 0 Å². The van der Waals surface area contributed by atoms with Gasteiger partial charge in [-0.3, -0.25) is 4.79 Å². The van der Waals surface area contributed by atoms with Gasteiger partial charge in [-0.05, 0) is 46.2 Å². The minimum Gasteiger partial charge on any atom is -0.321 e. The number of hydrogen-bond donors (Lipinski definition) is 1. The molecule has 2 nitrogen and oxygen atoms in total. The van der Waals surface area contributed by atoms with E-state index in [4.69, 9.17) is 5.73 Å². The Morgan fingerprint density at radius 2 is 1.24 bits per heavy atom. The predicted molar refractivity (Wildman–Crippen MR) is 102 cm³/mol. The fourth-order valence-corrected chi connectivity index (χ4v) is 3.72. The third-order valence-corrected chi connectivity index (χ3v) is 5.07. The summed E-state index contributed by atoms with van der Waals surface area (Å²) < 4.78 is 0. The molecule has 0 spiro atoms. The third kappa shape index (κ3) is 3.01. The van der Waals surface area contributed by atoms with Crippen LogP contribution in [0.15, 0.2) is 72.8 Å². The van der Waals surface area contributed by atoms with Crippen LogP contribution in [0.3, 0.4) is 0 Å².